The van der Waals surface area contributed by atoms with E-state index in [0.717, 1.165) is 138 Å². The van der Waals surface area contributed by atoms with Gasteiger partial charge in [0.05, 0.1) is 29.6 Å². The maximum atomic E-state index is 13.1. The lowest BCUT2D eigenvalue weighted by molar-refractivity contribution is -0.136. The highest BCUT2D eigenvalue weighted by molar-refractivity contribution is 6.23. The first-order valence-electron chi connectivity index (χ1n) is 25.4. The largest absolute Gasteiger partial charge is 0.495 e. The molecule has 19 nitrogen and oxygen atoms in total. The number of amides is 6. The zero-order valence-electron chi connectivity index (χ0n) is 40.7. The van der Waals surface area contributed by atoms with E-state index in [1.54, 1.807) is 25.3 Å². The van der Waals surface area contributed by atoms with Crippen LogP contribution in [0.25, 0.3) is 0 Å². The fraction of sp³-hybridized carbons (Fsp3) is 0.569. The van der Waals surface area contributed by atoms with Gasteiger partial charge in [-0.2, -0.15) is 0 Å². The van der Waals surface area contributed by atoms with E-state index in [2.05, 4.69) is 36.1 Å². The number of piperidine rings is 2. The van der Waals surface area contributed by atoms with E-state index in [9.17, 15) is 28.8 Å². The van der Waals surface area contributed by atoms with E-state index in [-0.39, 0.29) is 41.6 Å². The number of anilines is 5. The molecule has 4 fully saturated rings. The Labute approximate surface area is 410 Å². The molecule has 6 N–H and O–H groups in total. The molecule has 5 aliphatic heterocycles. The van der Waals surface area contributed by atoms with Crippen LogP contribution in [0.3, 0.4) is 0 Å². The van der Waals surface area contributed by atoms with E-state index in [1.807, 2.05) is 30.0 Å². The summed E-state index contributed by atoms with van der Waals surface area (Å²) in [6, 6.07) is 10.7. The Hall–Kier alpha value is -6.34. The minimum absolute atomic E-state index is 0.0872. The van der Waals surface area contributed by atoms with Crippen molar-refractivity contribution in [3.8, 4) is 5.75 Å². The lowest BCUT2D eigenvalue weighted by Crippen LogP contribution is -2.54. The number of imide groups is 2. The molecule has 6 heterocycles. The number of ether oxygens (including phenoxy) is 2. The number of nitrogens with two attached hydrogens (primary N) is 1. The van der Waals surface area contributed by atoms with Crippen molar-refractivity contribution in [2.45, 2.75) is 121 Å². The Bertz CT molecular complexity index is 2390. The zero-order chi connectivity index (χ0) is 49.1. The summed E-state index contributed by atoms with van der Waals surface area (Å²) in [5, 5.41) is 12.4. The van der Waals surface area contributed by atoms with Gasteiger partial charge in [-0.25, -0.2) is 9.97 Å². The second-order valence-corrected chi connectivity index (χ2v) is 19.0. The molecule has 0 radical (unpaired) electrons. The molecule has 1 atom stereocenters. The third kappa shape index (κ3) is 12.0. The van der Waals surface area contributed by atoms with Crippen LogP contribution in [0.4, 0.5) is 28.7 Å². The van der Waals surface area contributed by atoms with Crippen LogP contribution in [0, 0.1) is 0 Å². The molecule has 0 spiro atoms. The third-order valence-electron chi connectivity index (χ3n) is 14.4. The average Bonchev–Trinajstić information content (AvgIpc) is 3.62. The molecule has 19 heteroatoms. The number of aromatic nitrogens is 2. The molecular weight excluding hydrogens is 895 g/mol. The van der Waals surface area contributed by atoms with Crippen LogP contribution in [0.15, 0.2) is 36.4 Å². The van der Waals surface area contributed by atoms with Crippen LogP contribution >= 0.6 is 0 Å². The van der Waals surface area contributed by atoms with Crippen molar-refractivity contribution in [3.05, 3.63) is 58.9 Å². The SMILES string of the molecule is CCc1nc(C(N)=O)c(Nc2ccc(N3CCC(N4CCN(C(=O)CCCCCCCCCNc5ccc6c(c5)C(=O)N(C5CCC(=O)NC5=O)C6=O)CC4)CC3)c(OC)c2)nc1NC1CCOCC1. The number of carbonyl (C=O) groups is 6. The fourth-order valence-electron chi connectivity index (χ4n) is 10.3. The number of hydrogen-bond donors (Lipinski definition) is 5. The first-order chi connectivity index (χ1) is 34.0. The average molecular weight is 964 g/mol. The summed E-state index contributed by atoms with van der Waals surface area (Å²) in [5.41, 5.74) is 9.57. The highest BCUT2D eigenvalue weighted by Gasteiger charge is 2.44. The van der Waals surface area contributed by atoms with Crippen molar-refractivity contribution in [2.75, 3.05) is 87.0 Å². The molecule has 5 aliphatic rings. The van der Waals surface area contributed by atoms with Crippen LogP contribution in [0.5, 0.6) is 5.75 Å². The van der Waals surface area contributed by atoms with E-state index in [0.29, 0.717) is 55.1 Å². The van der Waals surface area contributed by atoms with Crippen molar-refractivity contribution < 1.29 is 38.2 Å². The molecule has 8 rings (SSSR count). The molecule has 1 unspecified atom stereocenters. The minimum Gasteiger partial charge on any atom is -0.495 e. The summed E-state index contributed by atoms with van der Waals surface area (Å²) in [6.45, 7) is 9.19. The molecular formula is C51H69N11O8. The maximum absolute atomic E-state index is 13.1. The molecule has 70 heavy (non-hydrogen) atoms. The summed E-state index contributed by atoms with van der Waals surface area (Å²) in [6.07, 6.45) is 12.5. The molecule has 1 aromatic heterocycles. The Kier molecular flexibility index (Phi) is 16.8. The van der Waals surface area contributed by atoms with Gasteiger partial charge in [-0.15, -0.1) is 0 Å². The summed E-state index contributed by atoms with van der Waals surface area (Å²) < 4.78 is 11.4. The number of carbonyl (C=O) groups excluding carboxylic acids is 6. The quantitative estimate of drug-likeness (QED) is 0.0680. The highest BCUT2D eigenvalue weighted by Crippen LogP contribution is 2.36. The normalized spacial score (nSPS) is 19.3. The van der Waals surface area contributed by atoms with Crippen molar-refractivity contribution >= 4 is 64.1 Å². The summed E-state index contributed by atoms with van der Waals surface area (Å²) in [4.78, 5) is 93.0. The van der Waals surface area contributed by atoms with Crippen molar-refractivity contribution in [1.29, 1.82) is 0 Å². The van der Waals surface area contributed by atoms with Gasteiger partial charge >= 0.3 is 0 Å². The van der Waals surface area contributed by atoms with Gasteiger partial charge < -0.3 is 41.0 Å². The number of fused-ring (bicyclic) bond motifs is 1. The summed E-state index contributed by atoms with van der Waals surface area (Å²) >= 11 is 0. The van der Waals surface area contributed by atoms with Gasteiger partial charge in [-0.05, 0) is 81.7 Å². The maximum Gasteiger partial charge on any atom is 0.271 e. The van der Waals surface area contributed by atoms with Gasteiger partial charge in [0, 0.05) is 101 Å². The number of unbranched alkanes of at least 4 members (excludes halogenated alkanes) is 6. The minimum atomic E-state index is -0.975. The summed E-state index contributed by atoms with van der Waals surface area (Å²) in [7, 11) is 1.67. The molecule has 0 bridgehead atoms. The molecule has 3 aromatic rings. The van der Waals surface area contributed by atoms with Crippen LogP contribution in [0.2, 0.25) is 0 Å². The van der Waals surface area contributed by atoms with Crippen molar-refractivity contribution in [2.24, 2.45) is 5.73 Å². The van der Waals surface area contributed by atoms with Crippen molar-refractivity contribution in [3.63, 3.8) is 0 Å². The number of rotatable bonds is 21. The molecule has 2 aromatic carbocycles. The Morgan fingerprint density at radius 3 is 2.20 bits per heavy atom. The number of aryl methyl sites for hydroxylation is 1. The first kappa shape index (κ1) is 50.1. The highest BCUT2D eigenvalue weighted by atomic mass is 16.5. The molecule has 6 amide bonds. The van der Waals surface area contributed by atoms with Crippen LogP contribution in [0.1, 0.15) is 134 Å². The molecule has 0 aliphatic carbocycles. The Morgan fingerprint density at radius 1 is 0.800 bits per heavy atom. The van der Waals surface area contributed by atoms with Gasteiger partial charge in [0.2, 0.25) is 17.7 Å². The lowest BCUT2D eigenvalue weighted by atomic mass is 10.0. The van der Waals surface area contributed by atoms with E-state index < -0.39 is 35.6 Å². The topological polar surface area (TPSA) is 234 Å². The summed E-state index contributed by atoms with van der Waals surface area (Å²) in [5.74, 6) is -0.759. The van der Waals surface area contributed by atoms with Crippen LogP contribution in [-0.2, 0) is 25.5 Å². The smallest absolute Gasteiger partial charge is 0.271 e. The number of hydrogen-bond acceptors (Lipinski definition) is 15. The fourth-order valence-corrected chi connectivity index (χ4v) is 10.3. The van der Waals surface area contributed by atoms with E-state index in [1.165, 1.54) is 0 Å². The Balaban J connectivity index is 0.696. The van der Waals surface area contributed by atoms with Gasteiger partial charge in [-0.3, -0.25) is 43.9 Å². The number of nitrogens with zero attached hydrogens (tertiary/aromatic N) is 6. The van der Waals surface area contributed by atoms with Gasteiger partial charge in [-0.1, -0.05) is 39.0 Å². The van der Waals surface area contributed by atoms with Crippen LogP contribution in [-0.4, -0.2) is 144 Å². The van der Waals surface area contributed by atoms with Crippen LogP contribution < -0.4 is 36.6 Å². The van der Waals surface area contributed by atoms with E-state index in [4.69, 9.17) is 20.2 Å². The number of benzene rings is 2. The standard InChI is InChI=1S/C51H69N11O8/c1-3-39-47(54-33-20-29-70-30-21-33)58-48(45(56-39)46(52)65)55-35-13-15-40(42(32-35)69-2)60-23-18-36(19-24-60)59-25-27-61(28-26-59)44(64)11-9-7-5-4-6-8-10-22-53-34-12-14-37-38(31-34)51(68)62(50(37)67)41-16-17-43(63)57-49(41)66/h12-15,31-33,36,41,53H,3-11,16-30H2,1-2H3,(H2,52,65)(H2,54,55,58)(H,57,63,66). The predicted molar refractivity (Wildman–Crippen MR) is 266 cm³/mol. The van der Waals surface area contributed by atoms with Crippen molar-refractivity contribution in [1.82, 2.24) is 30.0 Å². The van der Waals surface area contributed by atoms with Gasteiger partial charge in [0.1, 0.15) is 11.8 Å². The number of nitrogens with one attached hydrogen (secondary N) is 4. The molecule has 4 saturated heterocycles. The predicted octanol–water partition coefficient (Wildman–Crippen LogP) is 5.23. The molecule has 0 saturated carbocycles. The lowest BCUT2D eigenvalue weighted by Gasteiger charge is -2.43. The van der Waals surface area contributed by atoms with Gasteiger partial charge in [0.25, 0.3) is 17.7 Å². The third-order valence-corrected chi connectivity index (χ3v) is 14.4. The van der Waals surface area contributed by atoms with Gasteiger partial charge in [0.15, 0.2) is 17.3 Å². The first-order valence-corrected chi connectivity index (χ1v) is 25.4. The number of primary amides is 1. The Morgan fingerprint density at radius 2 is 1.50 bits per heavy atom. The number of methoxy groups -OCH3 is 1. The van der Waals surface area contributed by atoms with E-state index >= 15 is 0 Å². The number of piperazine rings is 1. The zero-order valence-corrected chi connectivity index (χ0v) is 40.7. The molecule has 376 valence electrons. The monoisotopic (exact) mass is 964 g/mol. The second-order valence-electron chi connectivity index (χ2n) is 19.0. The second kappa shape index (κ2) is 23.5.